The van der Waals surface area contributed by atoms with Gasteiger partial charge in [0.2, 0.25) is 0 Å². The predicted molar refractivity (Wildman–Crippen MR) is 142 cm³/mol. The Balaban J connectivity index is 1.31. The molecule has 4 aromatic rings. The molecule has 1 fully saturated rings. The van der Waals surface area contributed by atoms with Gasteiger partial charge in [0.15, 0.2) is 28.1 Å². The van der Waals surface area contributed by atoms with Crippen LogP contribution in [-0.4, -0.2) is 65.6 Å². The van der Waals surface area contributed by atoms with E-state index in [9.17, 15) is 10.2 Å². The Labute approximate surface area is 208 Å². The van der Waals surface area contributed by atoms with Crippen molar-refractivity contribution in [3.63, 3.8) is 0 Å². The molecule has 0 spiro atoms. The molecule has 3 aromatic carbocycles. The maximum atomic E-state index is 9.69. The lowest BCUT2D eigenvalue weighted by molar-refractivity contribution is 0.356. The molecule has 35 heavy (non-hydrogen) atoms. The highest BCUT2D eigenvalue weighted by Gasteiger charge is 2.22. The fraction of sp³-hybridized carbons (Fsp3) is 0.269. The third kappa shape index (κ3) is 4.35. The molecule has 1 aliphatic rings. The molecule has 0 unspecified atom stereocenters. The number of rotatable bonds is 5. The maximum absolute atomic E-state index is 9.69. The average Bonchev–Trinajstić information content (AvgIpc) is 3.26. The van der Waals surface area contributed by atoms with Crippen LogP contribution in [0.2, 0.25) is 0 Å². The van der Waals surface area contributed by atoms with E-state index in [1.807, 2.05) is 12.1 Å². The second-order valence-corrected chi connectivity index (χ2v) is 8.92. The van der Waals surface area contributed by atoms with E-state index in [-0.39, 0.29) is 11.5 Å². The van der Waals surface area contributed by atoms with Gasteiger partial charge in [-0.2, -0.15) is 0 Å². The molecule has 0 radical (unpaired) electrons. The zero-order chi connectivity index (χ0) is 24.5. The number of phenolic OH excluding ortho intramolecular Hbond substituents is 2. The van der Waals surface area contributed by atoms with Gasteiger partial charge >= 0.3 is 0 Å². The number of hydrogen-bond acceptors (Lipinski definition) is 6. The second-order valence-electron chi connectivity index (χ2n) is 8.53. The number of aromatic hydroxyl groups is 2. The molecule has 5 rings (SSSR count). The van der Waals surface area contributed by atoms with Gasteiger partial charge in [-0.05, 0) is 48.1 Å². The van der Waals surface area contributed by atoms with Crippen LogP contribution in [0.5, 0.6) is 23.0 Å². The number of aromatic nitrogens is 1. The Morgan fingerprint density at radius 2 is 1.69 bits per heavy atom. The highest BCUT2D eigenvalue weighted by atomic mass is 32.1. The lowest BCUT2D eigenvalue weighted by Crippen LogP contribution is -2.51. The molecule has 1 aromatic heterocycles. The van der Waals surface area contributed by atoms with Crippen LogP contribution < -0.4 is 19.7 Å². The Bertz CT molecular complexity index is 1400. The van der Waals surface area contributed by atoms with Crippen LogP contribution in [0.4, 0.5) is 5.69 Å². The van der Waals surface area contributed by atoms with Crippen LogP contribution in [-0.2, 0) is 6.54 Å². The van der Waals surface area contributed by atoms with E-state index >= 15 is 0 Å². The van der Waals surface area contributed by atoms with Crippen molar-refractivity contribution >= 4 is 44.8 Å². The summed E-state index contributed by atoms with van der Waals surface area (Å²) in [5.41, 5.74) is 4.11. The van der Waals surface area contributed by atoms with Gasteiger partial charge in [0.05, 0.1) is 19.7 Å². The van der Waals surface area contributed by atoms with Gasteiger partial charge in [0.1, 0.15) is 0 Å². The number of H-pyrrole nitrogens is 1. The molecular formula is C26H28N4O4S. The van der Waals surface area contributed by atoms with Crippen LogP contribution in [0, 0.1) is 0 Å². The molecule has 8 nitrogen and oxygen atoms in total. The number of piperazine rings is 1. The minimum Gasteiger partial charge on any atom is -0.504 e. The summed E-state index contributed by atoms with van der Waals surface area (Å²) in [6, 6.07) is 15.1. The summed E-state index contributed by atoms with van der Waals surface area (Å²) in [6.45, 7) is 3.74. The Morgan fingerprint density at radius 1 is 0.943 bits per heavy atom. The molecule has 182 valence electrons. The van der Waals surface area contributed by atoms with Crippen molar-refractivity contribution in [1.82, 2.24) is 15.2 Å². The standard InChI is InChI=1S/C26H28N4O4S/c1-33-23-13-17-19(14-24(23)34-2)28-18-4-3-5-20(25(17)18)29-8-10-30(11-9-29)26(35)27-15-16-6-7-21(31)22(32)12-16/h3-7,12-14,28,31-32H,8-11,15H2,1-2H3,(H,27,35). The van der Waals surface area contributed by atoms with E-state index < -0.39 is 0 Å². The number of fused-ring (bicyclic) bond motifs is 3. The van der Waals surface area contributed by atoms with Gasteiger partial charge in [-0.3, -0.25) is 0 Å². The highest BCUT2D eigenvalue weighted by Crippen LogP contribution is 2.39. The Hall–Kier alpha value is -3.85. The number of thiocarbonyl (C=S) groups is 1. The van der Waals surface area contributed by atoms with E-state index in [0.717, 1.165) is 48.2 Å². The molecule has 0 bridgehead atoms. The summed E-state index contributed by atoms with van der Waals surface area (Å²) in [5.74, 6) is 1.14. The van der Waals surface area contributed by atoms with E-state index in [0.29, 0.717) is 23.2 Å². The van der Waals surface area contributed by atoms with E-state index in [4.69, 9.17) is 21.7 Å². The number of aromatic amines is 1. The molecule has 0 saturated carbocycles. The van der Waals surface area contributed by atoms with Gasteiger partial charge in [-0.25, -0.2) is 0 Å². The van der Waals surface area contributed by atoms with Gasteiger partial charge in [-0.15, -0.1) is 0 Å². The molecular weight excluding hydrogens is 464 g/mol. The van der Waals surface area contributed by atoms with Crippen molar-refractivity contribution in [2.24, 2.45) is 0 Å². The number of hydrogen-bond donors (Lipinski definition) is 4. The first kappa shape index (κ1) is 22.9. The molecule has 0 amide bonds. The third-order valence-electron chi connectivity index (χ3n) is 6.50. The van der Waals surface area contributed by atoms with Crippen molar-refractivity contribution in [2.45, 2.75) is 6.54 Å². The minimum absolute atomic E-state index is 0.129. The fourth-order valence-electron chi connectivity index (χ4n) is 4.64. The molecule has 4 N–H and O–H groups in total. The number of anilines is 1. The fourth-order valence-corrected chi connectivity index (χ4v) is 4.90. The van der Waals surface area contributed by atoms with E-state index in [1.54, 1.807) is 20.3 Å². The van der Waals surface area contributed by atoms with Crippen LogP contribution >= 0.6 is 12.2 Å². The van der Waals surface area contributed by atoms with Crippen molar-refractivity contribution in [3.8, 4) is 23.0 Å². The smallest absolute Gasteiger partial charge is 0.169 e. The van der Waals surface area contributed by atoms with Gasteiger partial charge < -0.3 is 39.8 Å². The lowest BCUT2D eigenvalue weighted by atomic mass is 10.1. The van der Waals surface area contributed by atoms with Crippen LogP contribution in [0.3, 0.4) is 0 Å². The van der Waals surface area contributed by atoms with Crippen LogP contribution in [0.25, 0.3) is 21.8 Å². The normalized spacial score (nSPS) is 13.9. The predicted octanol–water partition coefficient (Wildman–Crippen LogP) is 3.95. The monoisotopic (exact) mass is 492 g/mol. The summed E-state index contributed by atoms with van der Waals surface area (Å²) in [7, 11) is 3.30. The summed E-state index contributed by atoms with van der Waals surface area (Å²) in [6.07, 6.45) is 0. The minimum atomic E-state index is -0.133. The number of nitrogens with one attached hydrogen (secondary N) is 2. The van der Waals surface area contributed by atoms with Crippen LogP contribution in [0.1, 0.15) is 5.56 Å². The summed E-state index contributed by atoms with van der Waals surface area (Å²) >= 11 is 5.62. The summed E-state index contributed by atoms with van der Waals surface area (Å²) in [5, 5.41) is 25.4. The highest BCUT2D eigenvalue weighted by molar-refractivity contribution is 7.80. The first-order chi connectivity index (χ1) is 17.0. The van der Waals surface area contributed by atoms with Gasteiger partial charge in [-0.1, -0.05) is 12.1 Å². The van der Waals surface area contributed by atoms with E-state index in [1.165, 1.54) is 23.2 Å². The summed E-state index contributed by atoms with van der Waals surface area (Å²) in [4.78, 5) is 8.07. The van der Waals surface area contributed by atoms with Gasteiger partial charge in [0.25, 0.3) is 0 Å². The number of nitrogens with zero attached hydrogens (tertiary/aromatic N) is 2. The number of benzene rings is 3. The largest absolute Gasteiger partial charge is 0.504 e. The Kier molecular flexibility index (Phi) is 6.17. The van der Waals surface area contributed by atoms with Crippen molar-refractivity contribution < 1.29 is 19.7 Å². The van der Waals surface area contributed by atoms with E-state index in [2.05, 4.69) is 38.3 Å². The average molecular weight is 493 g/mol. The van der Waals surface area contributed by atoms with Crippen molar-refractivity contribution in [2.75, 3.05) is 45.3 Å². The zero-order valence-electron chi connectivity index (χ0n) is 19.7. The topological polar surface area (TPSA) is 93.2 Å². The van der Waals surface area contributed by atoms with Crippen molar-refractivity contribution in [3.05, 3.63) is 54.1 Å². The van der Waals surface area contributed by atoms with Crippen molar-refractivity contribution in [1.29, 1.82) is 0 Å². The van der Waals surface area contributed by atoms with Gasteiger partial charge in [0, 0.05) is 60.8 Å². The number of phenols is 2. The van der Waals surface area contributed by atoms with Crippen LogP contribution in [0.15, 0.2) is 48.5 Å². The third-order valence-corrected chi connectivity index (χ3v) is 6.90. The maximum Gasteiger partial charge on any atom is 0.169 e. The Morgan fingerprint density at radius 3 is 2.40 bits per heavy atom. The molecule has 0 aliphatic carbocycles. The zero-order valence-corrected chi connectivity index (χ0v) is 20.5. The molecule has 1 aliphatic heterocycles. The SMILES string of the molecule is COc1cc2[nH]c3cccc(N4CCN(C(=S)NCc5ccc(O)c(O)c5)CC4)c3c2cc1OC. The molecule has 2 heterocycles. The lowest BCUT2D eigenvalue weighted by Gasteiger charge is -2.37. The molecule has 0 atom stereocenters. The second kappa shape index (κ2) is 9.42. The first-order valence-electron chi connectivity index (χ1n) is 11.4. The number of methoxy groups -OCH3 is 2. The quantitative estimate of drug-likeness (QED) is 0.246. The first-order valence-corrected chi connectivity index (χ1v) is 11.8. The molecule has 9 heteroatoms. The number of ether oxygens (including phenoxy) is 2. The molecule has 1 saturated heterocycles. The summed E-state index contributed by atoms with van der Waals surface area (Å²) < 4.78 is 11.0.